The topological polar surface area (TPSA) is 52.6 Å². The second kappa shape index (κ2) is 4.72. The Kier molecular flexibility index (Phi) is 3.31. The molecule has 1 aliphatic rings. The molecule has 4 nitrogen and oxygen atoms in total. The molecule has 1 aromatic carbocycles. The summed E-state index contributed by atoms with van der Waals surface area (Å²) in [5.74, 6) is -0.00615. The number of nitrogens with zero attached hydrogens (tertiary/aromatic N) is 1. The van der Waals surface area contributed by atoms with Crippen LogP contribution in [0, 0.1) is 0 Å². The lowest BCUT2D eigenvalue weighted by Crippen LogP contribution is -2.46. The molecule has 0 spiro atoms. The van der Waals surface area contributed by atoms with Crippen molar-refractivity contribution in [3.05, 3.63) is 28.8 Å². The lowest BCUT2D eigenvalue weighted by molar-refractivity contribution is 0.0736. The van der Waals surface area contributed by atoms with Gasteiger partial charge in [-0.05, 0) is 18.2 Å². The maximum absolute atomic E-state index is 12.1. The van der Waals surface area contributed by atoms with Gasteiger partial charge in [0.05, 0.1) is 10.6 Å². The Morgan fingerprint density at radius 1 is 1.38 bits per heavy atom. The van der Waals surface area contributed by atoms with Gasteiger partial charge in [-0.3, -0.25) is 4.79 Å². The maximum Gasteiger partial charge on any atom is 0.255 e. The number of nitrogens with one attached hydrogen (secondary N) is 1. The van der Waals surface area contributed by atoms with Crippen LogP contribution in [-0.4, -0.2) is 42.1 Å². The normalized spacial score (nSPS) is 16.2. The standard InChI is InChI=1S/C11H13ClN2O2/c12-10-7-8(15)1-2-9(10)11(16)14-5-3-13-4-6-14/h1-2,7,13,15H,3-6H2. The molecule has 1 saturated heterocycles. The minimum absolute atomic E-state index is 0.0712. The van der Waals surface area contributed by atoms with Crippen LogP contribution in [0.5, 0.6) is 5.75 Å². The summed E-state index contributed by atoms with van der Waals surface area (Å²) in [6, 6.07) is 4.42. The van der Waals surface area contributed by atoms with Crippen LogP contribution >= 0.6 is 11.6 Å². The summed E-state index contributed by atoms with van der Waals surface area (Å²) in [5, 5.41) is 12.7. The number of hydrogen-bond donors (Lipinski definition) is 2. The average Bonchev–Trinajstić information content (AvgIpc) is 2.29. The molecule has 1 heterocycles. The van der Waals surface area contributed by atoms with Gasteiger partial charge >= 0.3 is 0 Å². The molecule has 1 aliphatic heterocycles. The number of rotatable bonds is 1. The molecule has 0 aromatic heterocycles. The van der Waals surface area contributed by atoms with E-state index in [4.69, 9.17) is 11.6 Å². The lowest BCUT2D eigenvalue weighted by Gasteiger charge is -2.27. The fourth-order valence-electron chi connectivity index (χ4n) is 1.72. The van der Waals surface area contributed by atoms with Crippen molar-refractivity contribution >= 4 is 17.5 Å². The highest BCUT2D eigenvalue weighted by Gasteiger charge is 2.19. The third-order valence-corrected chi connectivity index (χ3v) is 2.90. The van der Waals surface area contributed by atoms with Gasteiger partial charge in [-0.1, -0.05) is 11.6 Å². The minimum Gasteiger partial charge on any atom is -0.508 e. The molecule has 1 fully saturated rings. The van der Waals surface area contributed by atoms with Crippen molar-refractivity contribution in [1.29, 1.82) is 0 Å². The van der Waals surface area contributed by atoms with Gasteiger partial charge in [0, 0.05) is 26.2 Å². The predicted molar refractivity (Wildman–Crippen MR) is 61.9 cm³/mol. The summed E-state index contributed by atoms with van der Waals surface area (Å²) in [4.78, 5) is 13.8. The second-order valence-electron chi connectivity index (χ2n) is 3.71. The van der Waals surface area contributed by atoms with E-state index in [9.17, 15) is 9.90 Å². The van der Waals surface area contributed by atoms with Crippen molar-refractivity contribution in [2.45, 2.75) is 0 Å². The van der Waals surface area contributed by atoms with Gasteiger partial charge in [-0.2, -0.15) is 0 Å². The van der Waals surface area contributed by atoms with Crippen LogP contribution in [0.2, 0.25) is 5.02 Å². The number of aromatic hydroxyl groups is 1. The van der Waals surface area contributed by atoms with Crippen molar-refractivity contribution < 1.29 is 9.90 Å². The molecule has 0 bridgehead atoms. The van der Waals surface area contributed by atoms with E-state index in [1.165, 1.54) is 12.1 Å². The van der Waals surface area contributed by atoms with E-state index < -0.39 is 0 Å². The maximum atomic E-state index is 12.1. The van der Waals surface area contributed by atoms with E-state index in [0.29, 0.717) is 23.7 Å². The SMILES string of the molecule is O=C(c1ccc(O)cc1Cl)N1CCNCC1. The Bertz CT molecular complexity index is 403. The third kappa shape index (κ3) is 2.28. The van der Waals surface area contributed by atoms with E-state index in [-0.39, 0.29) is 11.7 Å². The predicted octanol–water partition coefficient (Wildman–Crippen LogP) is 1.09. The zero-order valence-corrected chi connectivity index (χ0v) is 9.50. The molecule has 0 aliphatic carbocycles. The first-order chi connectivity index (χ1) is 7.68. The summed E-state index contributed by atoms with van der Waals surface area (Å²) in [6.07, 6.45) is 0. The molecule has 1 aromatic rings. The van der Waals surface area contributed by atoms with Crippen LogP contribution in [-0.2, 0) is 0 Å². The van der Waals surface area contributed by atoms with Crippen LogP contribution in [0.4, 0.5) is 0 Å². The van der Waals surface area contributed by atoms with Gasteiger partial charge in [0.1, 0.15) is 5.75 Å². The Balaban J connectivity index is 2.19. The second-order valence-corrected chi connectivity index (χ2v) is 4.11. The zero-order valence-electron chi connectivity index (χ0n) is 8.74. The number of phenols is 1. The van der Waals surface area contributed by atoms with Crippen molar-refractivity contribution in [2.24, 2.45) is 0 Å². The first kappa shape index (κ1) is 11.2. The first-order valence-corrected chi connectivity index (χ1v) is 5.55. The Morgan fingerprint density at radius 2 is 2.06 bits per heavy atom. The number of carbonyl (C=O) groups is 1. The van der Waals surface area contributed by atoms with Gasteiger partial charge in [-0.15, -0.1) is 0 Å². The molecular formula is C11H13ClN2O2. The van der Waals surface area contributed by atoms with Crippen LogP contribution in [0.15, 0.2) is 18.2 Å². The molecular weight excluding hydrogens is 228 g/mol. The lowest BCUT2D eigenvalue weighted by atomic mass is 10.1. The quantitative estimate of drug-likeness (QED) is 0.773. The summed E-state index contributed by atoms with van der Waals surface area (Å²) in [7, 11) is 0. The molecule has 5 heteroatoms. The van der Waals surface area contributed by atoms with Gasteiger partial charge in [0.15, 0.2) is 0 Å². The van der Waals surface area contributed by atoms with E-state index in [2.05, 4.69) is 5.32 Å². The fraction of sp³-hybridized carbons (Fsp3) is 0.364. The monoisotopic (exact) mass is 240 g/mol. The van der Waals surface area contributed by atoms with Crippen molar-refractivity contribution in [3.63, 3.8) is 0 Å². The summed E-state index contributed by atoms with van der Waals surface area (Å²) >= 11 is 5.92. The van der Waals surface area contributed by atoms with E-state index in [1.807, 2.05) is 0 Å². The average molecular weight is 241 g/mol. The highest BCUT2D eigenvalue weighted by atomic mass is 35.5. The van der Waals surface area contributed by atoms with Crippen molar-refractivity contribution in [2.75, 3.05) is 26.2 Å². The van der Waals surface area contributed by atoms with E-state index >= 15 is 0 Å². The van der Waals surface area contributed by atoms with Crippen molar-refractivity contribution in [1.82, 2.24) is 10.2 Å². The summed E-state index contributed by atoms with van der Waals surface area (Å²) in [6.45, 7) is 3.00. The van der Waals surface area contributed by atoms with Crippen LogP contribution in [0.25, 0.3) is 0 Å². The minimum atomic E-state index is -0.0773. The number of amides is 1. The molecule has 86 valence electrons. The van der Waals surface area contributed by atoms with Gasteiger partial charge < -0.3 is 15.3 Å². The first-order valence-electron chi connectivity index (χ1n) is 5.17. The summed E-state index contributed by atoms with van der Waals surface area (Å²) < 4.78 is 0. The zero-order chi connectivity index (χ0) is 11.5. The third-order valence-electron chi connectivity index (χ3n) is 2.59. The van der Waals surface area contributed by atoms with Gasteiger partial charge in [0.2, 0.25) is 0 Å². The molecule has 1 amide bonds. The number of benzene rings is 1. The summed E-state index contributed by atoms with van der Waals surface area (Å²) in [5.41, 5.74) is 0.446. The highest BCUT2D eigenvalue weighted by Crippen LogP contribution is 2.22. The molecule has 16 heavy (non-hydrogen) atoms. The van der Waals surface area contributed by atoms with Gasteiger partial charge in [0.25, 0.3) is 5.91 Å². The molecule has 0 atom stereocenters. The Morgan fingerprint density at radius 3 is 2.69 bits per heavy atom. The van der Waals surface area contributed by atoms with Crippen molar-refractivity contribution in [3.8, 4) is 5.75 Å². The van der Waals surface area contributed by atoms with Crippen LogP contribution < -0.4 is 5.32 Å². The molecule has 0 radical (unpaired) electrons. The number of hydrogen-bond acceptors (Lipinski definition) is 3. The fourth-order valence-corrected chi connectivity index (χ4v) is 1.97. The number of piperazine rings is 1. The Hall–Kier alpha value is -1.26. The Labute approximate surface area is 98.8 Å². The van der Waals surface area contributed by atoms with E-state index in [1.54, 1.807) is 11.0 Å². The van der Waals surface area contributed by atoms with Crippen LogP contribution in [0.1, 0.15) is 10.4 Å². The number of phenolic OH excluding ortho intramolecular Hbond substituents is 1. The smallest absolute Gasteiger partial charge is 0.255 e. The number of halogens is 1. The largest absolute Gasteiger partial charge is 0.508 e. The highest BCUT2D eigenvalue weighted by molar-refractivity contribution is 6.34. The van der Waals surface area contributed by atoms with E-state index in [0.717, 1.165) is 13.1 Å². The van der Waals surface area contributed by atoms with Gasteiger partial charge in [-0.25, -0.2) is 0 Å². The molecule has 2 rings (SSSR count). The molecule has 2 N–H and O–H groups in total. The van der Waals surface area contributed by atoms with Crippen LogP contribution in [0.3, 0.4) is 0 Å². The molecule has 0 saturated carbocycles. The number of carbonyl (C=O) groups excluding carboxylic acids is 1. The molecule has 0 unspecified atom stereocenters.